The highest BCUT2D eigenvalue weighted by Crippen LogP contribution is 2.29. The molecule has 0 saturated carbocycles. The molecule has 3 aromatic carbocycles. The van der Waals surface area contributed by atoms with Crippen LogP contribution in [0.2, 0.25) is 0 Å². The first-order valence-corrected chi connectivity index (χ1v) is 14.1. The number of nitrogens with one attached hydrogen (secondary N) is 2. The van der Waals surface area contributed by atoms with Crippen LogP contribution < -0.4 is 10.6 Å². The number of carbonyl (C=O) groups excluding carboxylic acids is 3. The number of hydrogen-bond donors (Lipinski definition) is 2. The van der Waals surface area contributed by atoms with Crippen LogP contribution in [-0.4, -0.2) is 78.2 Å². The maximum absolute atomic E-state index is 12.7. The zero-order valence-electron chi connectivity index (χ0n) is 22.8. The molecule has 2 heterocycles. The zero-order valence-corrected chi connectivity index (χ0v) is 22.8. The quantitative estimate of drug-likeness (QED) is 0.359. The number of benzene rings is 3. The van der Waals surface area contributed by atoms with Crippen molar-refractivity contribution < 1.29 is 14.4 Å². The fraction of sp³-hybridized carbons (Fsp3) is 0.344. The van der Waals surface area contributed by atoms with E-state index in [-0.39, 0.29) is 23.8 Å². The van der Waals surface area contributed by atoms with Crippen LogP contribution in [0.1, 0.15) is 36.4 Å². The molecule has 2 saturated heterocycles. The first kappa shape index (κ1) is 27.6. The minimum atomic E-state index is -0.110. The average Bonchev–Trinajstić information content (AvgIpc) is 3.31. The van der Waals surface area contributed by atoms with Gasteiger partial charge in [-0.05, 0) is 29.3 Å². The Hall–Kier alpha value is -4.01. The molecule has 8 heteroatoms. The lowest BCUT2D eigenvalue weighted by Crippen LogP contribution is -2.48. The summed E-state index contributed by atoms with van der Waals surface area (Å²) < 4.78 is 0. The smallest absolute Gasteiger partial charge is 0.229 e. The van der Waals surface area contributed by atoms with E-state index < -0.39 is 0 Å². The normalized spacial score (nSPS) is 16.5. The summed E-state index contributed by atoms with van der Waals surface area (Å²) in [5.74, 6) is -0.234. The highest BCUT2D eigenvalue weighted by atomic mass is 16.2. The Balaban J connectivity index is 1.07. The van der Waals surface area contributed by atoms with E-state index in [0.29, 0.717) is 32.4 Å². The third-order valence-corrected chi connectivity index (χ3v) is 7.62. The van der Waals surface area contributed by atoms with E-state index in [2.05, 4.69) is 81.1 Å². The lowest BCUT2D eigenvalue weighted by Gasteiger charge is -2.39. The molecule has 3 aromatic rings. The summed E-state index contributed by atoms with van der Waals surface area (Å²) >= 11 is 0. The van der Waals surface area contributed by atoms with E-state index in [9.17, 15) is 14.4 Å². The van der Waals surface area contributed by atoms with Gasteiger partial charge in [0.15, 0.2) is 0 Å². The molecular formula is C32H37N5O3. The molecule has 208 valence electrons. The summed E-state index contributed by atoms with van der Waals surface area (Å²) in [5.41, 5.74) is 4.16. The Morgan fingerprint density at radius 3 is 1.95 bits per heavy atom. The van der Waals surface area contributed by atoms with Crippen molar-refractivity contribution in [3.05, 3.63) is 96.1 Å². The molecule has 0 bridgehead atoms. The summed E-state index contributed by atoms with van der Waals surface area (Å²) in [6.07, 6.45) is 1.04. The van der Waals surface area contributed by atoms with Gasteiger partial charge in [-0.1, -0.05) is 66.7 Å². The third kappa shape index (κ3) is 7.14. The van der Waals surface area contributed by atoms with Gasteiger partial charge in [0.1, 0.15) is 0 Å². The zero-order chi connectivity index (χ0) is 27.7. The van der Waals surface area contributed by atoms with E-state index in [1.807, 2.05) is 24.3 Å². The van der Waals surface area contributed by atoms with E-state index in [0.717, 1.165) is 44.1 Å². The van der Waals surface area contributed by atoms with Crippen LogP contribution in [0.3, 0.4) is 0 Å². The molecule has 2 aliphatic rings. The van der Waals surface area contributed by atoms with Crippen molar-refractivity contribution in [1.29, 1.82) is 0 Å². The van der Waals surface area contributed by atoms with Gasteiger partial charge in [-0.3, -0.25) is 24.2 Å². The van der Waals surface area contributed by atoms with Crippen LogP contribution in [-0.2, 0) is 14.4 Å². The monoisotopic (exact) mass is 539 g/mol. The lowest BCUT2D eigenvalue weighted by atomic mass is 9.96. The topological polar surface area (TPSA) is 85.0 Å². The molecule has 3 amide bonds. The lowest BCUT2D eigenvalue weighted by molar-refractivity contribution is -0.138. The van der Waals surface area contributed by atoms with Gasteiger partial charge in [0.25, 0.3) is 0 Å². The minimum Gasteiger partial charge on any atom is -0.383 e. The van der Waals surface area contributed by atoms with Crippen LogP contribution in [0.25, 0.3) is 0 Å². The third-order valence-electron chi connectivity index (χ3n) is 7.62. The van der Waals surface area contributed by atoms with Gasteiger partial charge in [0.05, 0.1) is 6.04 Å². The number of imide groups is 1. The van der Waals surface area contributed by atoms with Crippen molar-refractivity contribution >= 4 is 29.1 Å². The molecule has 0 aliphatic carbocycles. The number of hydrogen-bond acceptors (Lipinski definition) is 6. The van der Waals surface area contributed by atoms with Crippen molar-refractivity contribution in [2.24, 2.45) is 0 Å². The standard InChI is InChI=1S/C32H37N5O3/c38-29(34-28-13-7-12-27(24-28)33-17-19-37-30(39)14-15-31(37)40)16-18-35-20-22-36(23-21-35)32(25-8-3-1-4-9-25)26-10-5-2-6-11-26/h1-13,24,32-33H,14-23H2,(H,34,38). The van der Waals surface area contributed by atoms with Gasteiger partial charge in [0.2, 0.25) is 17.7 Å². The SMILES string of the molecule is O=C(CCN1CCN(C(c2ccccc2)c2ccccc2)CC1)Nc1cccc(NCCN2C(=O)CCC2=O)c1. The summed E-state index contributed by atoms with van der Waals surface area (Å²) in [4.78, 5) is 42.5. The summed E-state index contributed by atoms with van der Waals surface area (Å²) in [5, 5.41) is 6.24. The predicted octanol–water partition coefficient (Wildman–Crippen LogP) is 3.98. The molecular weight excluding hydrogens is 502 g/mol. The molecule has 40 heavy (non-hydrogen) atoms. The Kier molecular flexibility index (Phi) is 9.21. The molecule has 2 aliphatic heterocycles. The number of carbonyl (C=O) groups is 3. The number of rotatable bonds is 11. The Morgan fingerprint density at radius 1 is 0.725 bits per heavy atom. The molecule has 8 nitrogen and oxygen atoms in total. The second-order valence-electron chi connectivity index (χ2n) is 10.3. The number of nitrogens with zero attached hydrogens (tertiary/aromatic N) is 3. The number of anilines is 2. The van der Waals surface area contributed by atoms with Gasteiger partial charge in [0, 0.05) is 76.5 Å². The van der Waals surface area contributed by atoms with Crippen LogP contribution in [0.15, 0.2) is 84.9 Å². The van der Waals surface area contributed by atoms with Crippen molar-refractivity contribution in [3.63, 3.8) is 0 Å². The van der Waals surface area contributed by atoms with Crippen molar-refractivity contribution in [3.8, 4) is 0 Å². The summed E-state index contributed by atoms with van der Waals surface area (Å²) in [6.45, 7) is 5.26. The average molecular weight is 540 g/mol. The van der Waals surface area contributed by atoms with E-state index in [1.54, 1.807) is 0 Å². The van der Waals surface area contributed by atoms with Crippen LogP contribution in [0, 0.1) is 0 Å². The maximum atomic E-state index is 12.7. The summed E-state index contributed by atoms with van der Waals surface area (Å²) in [6, 6.07) is 29.1. The Labute approximate surface area is 236 Å². The van der Waals surface area contributed by atoms with Gasteiger partial charge >= 0.3 is 0 Å². The molecule has 0 spiro atoms. The maximum Gasteiger partial charge on any atom is 0.229 e. The van der Waals surface area contributed by atoms with E-state index >= 15 is 0 Å². The van der Waals surface area contributed by atoms with Crippen LogP contribution in [0.4, 0.5) is 11.4 Å². The molecule has 2 fully saturated rings. The first-order valence-electron chi connectivity index (χ1n) is 14.1. The number of piperazine rings is 1. The highest BCUT2D eigenvalue weighted by molar-refractivity contribution is 6.01. The van der Waals surface area contributed by atoms with Crippen molar-refractivity contribution in [2.45, 2.75) is 25.3 Å². The minimum absolute atomic E-state index is 0.0145. The van der Waals surface area contributed by atoms with Gasteiger partial charge in [-0.15, -0.1) is 0 Å². The van der Waals surface area contributed by atoms with Crippen LogP contribution in [0.5, 0.6) is 0 Å². The fourth-order valence-corrected chi connectivity index (χ4v) is 5.50. The molecule has 0 unspecified atom stereocenters. The Morgan fingerprint density at radius 2 is 1.32 bits per heavy atom. The van der Waals surface area contributed by atoms with Gasteiger partial charge in [-0.25, -0.2) is 0 Å². The second kappa shape index (κ2) is 13.4. The van der Waals surface area contributed by atoms with Gasteiger partial charge < -0.3 is 15.5 Å². The number of likely N-dealkylation sites (tertiary alicyclic amines) is 1. The number of amides is 3. The highest BCUT2D eigenvalue weighted by Gasteiger charge is 2.28. The fourth-order valence-electron chi connectivity index (χ4n) is 5.50. The first-order chi connectivity index (χ1) is 19.6. The summed E-state index contributed by atoms with van der Waals surface area (Å²) in [7, 11) is 0. The van der Waals surface area contributed by atoms with Crippen LogP contribution >= 0.6 is 0 Å². The van der Waals surface area contributed by atoms with E-state index in [4.69, 9.17) is 0 Å². The Bertz CT molecular complexity index is 1240. The second-order valence-corrected chi connectivity index (χ2v) is 10.3. The van der Waals surface area contributed by atoms with Gasteiger partial charge in [-0.2, -0.15) is 0 Å². The molecule has 2 N–H and O–H groups in total. The molecule has 0 atom stereocenters. The van der Waals surface area contributed by atoms with Crippen molar-refractivity contribution in [1.82, 2.24) is 14.7 Å². The van der Waals surface area contributed by atoms with Crippen molar-refractivity contribution in [2.75, 3.05) is 56.4 Å². The largest absolute Gasteiger partial charge is 0.383 e. The predicted molar refractivity (Wildman–Crippen MR) is 157 cm³/mol. The molecule has 0 radical (unpaired) electrons. The molecule has 5 rings (SSSR count). The van der Waals surface area contributed by atoms with E-state index in [1.165, 1.54) is 16.0 Å². The molecule has 0 aromatic heterocycles.